The van der Waals surface area contributed by atoms with E-state index in [9.17, 15) is 0 Å². The van der Waals surface area contributed by atoms with Crippen LogP contribution in [0.15, 0.2) is 0 Å². The van der Waals surface area contributed by atoms with Gasteiger partial charge in [0.15, 0.2) is 0 Å². The highest BCUT2D eigenvalue weighted by molar-refractivity contribution is 5.44. The van der Waals surface area contributed by atoms with Gasteiger partial charge in [0.05, 0.1) is 5.69 Å². The molecule has 0 saturated heterocycles. The number of fused-ring (bicyclic) bond motifs is 1. The fraction of sp³-hybridized carbons (Fsp3) is 0.727. The third kappa shape index (κ3) is 1.51. The summed E-state index contributed by atoms with van der Waals surface area (Å²) in [5.41, 5.74) is 8.66. The molecule has 0 radical (unpaired) electrons. The molecule has 1 aliphatic rings. The topological polar surface area (TPSA) is 43.8 Å². The highest BCUT2D eigenvalue weighted by Crippen LogP contribution is 2.26. The Labute approximate surface area is 85.3 Å². The molecule has 0 fully saturated rings. The Morgan fingerprint density at radius 2 is 1.93 bits per heavy atom. The molecule has 1 aliphatic carbocycles. The third-order valence-corrected chi connectivity index (χ3v) is 2.96. The van der Waals surface area contributed by atoms with Crippen molar-refractivity contribution in [3.8, 4) is 0 Å². The first-order valence-electron chi connectivity index (χ1n) is 5.56. The van der Waals surface area contributed by atoms with Gasteiger partial charge in [0.1, 0.15) is 5.82 Å². The Bertz CT molecular complexity index is 326. The van der Waals surface area contributed by atoms with Crippen molar-refractivity contribution in [2.45, 2.75) is 52.0 Å². The zero-order valence-electron chi connectivity index (χ0n) is 9.08. The van der Waals surface area contributed by atoms with Gasteiger partial charge in [0.25, 0.3) is 0 Å². The highest BCUT2D eigenvalue weighted by Gasteiger charge is 2.18. The summed E-state index contributed by atoms with van der Waals surface area (Å²) in [5, 5.41) is 4.60. The van der Waals surface area contributed by atoms with Crippen LogP contribution in [0.3, 0.4) is 0 Å². The average molecular weight is 193 g/mol. The molecular weight excluding hydrogens is 174 g/mol. The quantitative estimate of drug-likeness (QED) is 0.695. The Balaban J connectivity index is 2.40. The van der Waals surface area contributed by atoms with E-state index in [0.29, 0.717) is 6.04 Å². The summed E-state index contributed by atoms with van der Waals surface area (Å²) in [5.74, 6) is 0.900. The Hall–Kier alpha value is -0.990. The average Bonchev–Trinajstić information content (AvgIpc) is 2.37. The van der Waals surface area contributed by atoms with E-state index in [1.807, 2.05) is 4.68 Å². The molecule has 1 aromatic rings. The number of aryl methyl sites for hydroxylation is 1. The monoisotopic (exact) mass is 193 g/mol. The van der Waals surface area contributed by atoms with Crippen molar-refractivity contribution in [3.05, 3.63) is 11.3 Å². The van der Waals surface area contributed by atoms with E-state index in [-0.39, 0.29) is 0 Å². The SMILES string of the molecule is CC(C)n1nc2c(c1N)CCCCC2. The zero-order valence-corrected chi connectivity index (χ0v) is 9.08. The van der Waals surface area contributed by atoms with E-state index in [0.717, 1.165) is 18.7 Å². The lowest BCUT2D eigenvalue weighted by atomic mass is 10.1. The lowest BCUT2D eigenvalue weighted by Gasteiger charge is -2.08. The predicted molar refractivity (Wildman–Crippen MR) is 58.3 cm³/mol. The Morgan fingerprint density at radius 1 is 1.21 bits per heavy atom. The lowest BCUT2D eigenvalue weighted by Crippen LogP contribution is -2.07. The van der Waals surface area contributed by atoms with Crippen molar-refractivity contribution < 1.29 is 0 Å². The molecule has 14 heavy (non-hydrogen) atoms. The minimum absolute atomic E-state index is 0.377. The number of anilines is 1. The van der Waals surface area contributed by atoms with E-state index < -0.39 is 0 Å². The summed E-state index contributed by atoms with van der Waals surface area (Å²) in [7, 11) is 0. The van der Waals surface area contributed by atoms with Crippen molar-refractivity contribution >= 4 is 5.82 Å². The maximum atomic E-state index is 6.09. The molecule has 2 N–H and O–H groups in total. The molecule has 0 aliphatic heterocycles. The molecule has 2 rings (SSSR count). The standard InChI is InChI=1S/C11H19N3/c1-8(2)14-11(12)9-6-4-3-5-7-10(9)13-14/h8H,3-7,12H2,1-2H3. The van der Waals surface area contributed by atoms with Gasteiger partial charge in [-0.25, -0.2) is 4.68 Å². The summed E-state index contributed by atoms with van der Waals surface area (Å²) in [6, 6.07) is 0.377. The van der Waals surface area contributed by atoms with Crippen molar-refractivity contribution in [2.24, 2.45) is 0 Å². The minimum atomic E-state index is 0.377. The van der Waals surface area contributed by atoms with Crippen molar-refractivity contribution in [2.75, 3.05) is 5.73 Å². The molecular formula is C11H19N3. The van der Waals surface area contributed by atoms with E-state index in [4.69, 9.17) is 5.73 Å². The highest BCUT2D eigenvalue weighted by atomic mass is 15.3. The maximum Gasteiger partial charge on any atom is 0.125 e. The van der Waals surface area contributed by atoms with Crippen LogP contribution < -0.4 is 5.73 Å². The molecule has 0 amide bonds. The summed E-state index contributed by atoms with van der Waals surface area (Å²) in [6.45, 7) is 4.26. The second-order valence-electron chi connectivity index (χ2n) is 4.41. The largest absolute Gasteiger partial charge is 0.384 e. The second-order valence-corrected chi connectivity index (χ2v) is 4.41. The molecule has 78 valence electrons. The fourth-order valence-corrected chi connectivity index (χ4v) is 2.17. The van der Waals surface area contributed by atoms with Gasteiger partial charge in [-0.1, -0.05) is 6.42 Å². The van der Waals surface area contributed by atoms with Crippen molar-refractivity contribution in [1.82, 2.24) is 9.78 Å². The van der Waals surface area contributed by atoms with Gasteiger partial charge < -0.3 is 5.73 Å². The molecule has 0 atom stereocenters. The van der Waals surface area contributed by atoms with Gasteiger partial charge in [-0.2, -0.15) is 5.10 Å². The van der Waals surface area contributed by atoms with Gasteiger partial charge in [-0.05, 0) is 39.5 Å². The number of rotatable bonds is 1. The van der Waals surface area contributed by atoms with Crippen LogP contribution in [0.5, 0.6) is 0 Å². The maximum absolute atomic E-state index is 6.09. The fourth-order valence-electron chi connectivity index (χ4n) is 2.17. The summed E-state index contributed by atoms with van der Waals surface area (Å²) < 4.78 is 1.97. The summed E-state index contributed by atoms with van der Waals surface area (Å²) in [4.78, 5) is 0. The first-order chi connectivity index (χ1) is 6.70. The first kappa shape index (κ1) is 9.56. The number of nitrogen functional groups attached to an aromatic ring is 1. The molecule has 0 aromatic carbocycles. The van der Waals surface area contributed by atoms with Crippen LogP contribution in [-0.2, 0) is 12.8 Å². The second kappa shape index (κ2) is 3.64. The van der Waals surface area contributed by atoms with Crippen LogP contribution in [0, 0.1) is 0 Å². The van der Waals surface area contributed by atoms with E-state index in [1.165, 1.54) is 30.5 Å². The molecule has 0 bridgehead atoms. The van der Waals surface area contributed by atoms with Gasteiger partial charge in [0, 0.05) is 11.6 Å². The number of nitrogens with two attached hydrogens (primary N) is 1. The van der Waals surface area contributed by atoms with Crippen LogP contribution in [-0.4, -0.2) is 9.78 Å². The van der Waals surface area contributed by atoms with Gasteiger partial charge in [0.2, 0.25) is 0 Å². The third-order valence-electron chi connectivity index (χ3n) is 2.96. The van der Waals surface area contributed by atoms with Crippen LogP contribution in [0.1, 0.15) is 50.4 Å². The zero-order chi connectivity index (χ0) is 10.1. The lowest BCUT2D eigenvalue weighted by molar-refractivity contribution is 0.530. The summed E-state index contributed by atoms with van der Waals surface area (Å²) in [6.07, 6.45) is 6.08. The van der Waals surface area contributed by atoms with E-state index in [1.54, 1.807) is 0 Å². The molecule has 0 spiro atoms. The minimum Gasteiger partial charge on any atom is -0.384 e. The van der Waals surface area contributed by atoms with Gasteiger partial charge >= 0.3 is 0 Å². The van der Waals surface area contributed by atoms with Crippen LogP contribution in [0.2, 0.25) is 0 Å². The number of hydrogen-bond donors (Lipinski definition) is 1. The Morgan fingerprint density at radius 3 is 2.64 bits per heavy atom. The van der Waals surface area contributed by atoms with Crippen LogP contribution in [0.4, 0.5) is 5.82 Å². The van der Waals surface area contributed by atoms with Crippen LogP contribution >= 0.6 is 0 Å². The van der Waals surface area contributed by atoms with Crippen LogP contribution in [0.25, 0.3) is 0 Å². The number of aromatic nitrogens is 2. The predicted octanol–water partition coefficient (Wildman–Crippen LogP) is 2.32. The van der Waals surface area contributed by atoms with E-state index in [2.05, 4.69) is 18.9 Å². The first-order valence-corrected chi connectivity index (χ1v) is 5.56. The molecule has 1 aromatic heterocycles. The van der Waals surface area contributed by atoms with Gasteiger partial charge in [-0.3, -0.25) is 0 Å². The Kier molecular flexibility index (Phi) is 2.48. The number of hydrogen-bond acceptors (Lipinski definition) is 2. The normalized spacial score (nSPS) is 16.8. The van der Waals surface area contributed by atoms with Crippen molar-refractivity contribution in [1.29, 1.82) is 0 Å². The number of nitrogens with zero attached hydrogens (tertiary/aromatic N) is 2. The van der Waals surface area contributed by atoms with Crippen molar-refractivity contribution in [3.63, 3.8) is 0 Å². The molecule has 0 saturated carbocycles. The van der Waals surface area contributed by atoms with E-state index >= 15 is 0 Å². The molecule has 3 nitrogen and oxygen atoms in total. The van der Waals surface area contributed by atoms with Gasteiger partial charge in [-0.15, -0.1) is 0 Å². The summed E-state index contributed by atoms with van der Waals surface area (Å²) >= 11 is 0. The smallest absolute Gasteiger partial charge is 0.125 e. The molecule has 0 unspecified atom stereocenters. The molecule has 1 heterocycles. The molecule has 3 heteroatoms.